The summed E-state index contributed by atoms with van der Waals surface area (Å²) in [6.45, 7) is 0.431. The molecular formula is C23H28ClN3O5. The molecule has 2 rings (SSSR count). The zero-order chi connectivity index (χ0) is 22.8. The Hall–Kier alpha value is -3.41. The molecule has 32 heavy (non-hydrogen) atoms. The zero-order valence-electron chi connectivity index (χ0n) is 18.6. The van der Waals surface area contributed by atoms with Gasteiger partial charge in [0, 0.05) is 12.5 Å². The Morgan fingerprint density at radius 3 is 2.12 bits per heavy atom. The monoisotopic (exact) mass is 461 g/mol. The molecule has 0 unspecified atom stereocenters. The first kappa shape index (κ1) is 26.6. The fourth-order valence-corrected chi connectivity index (χ4v) is 3.08. The van der Waals surface area contributed by atoms with Crippen molar-refractivity contribution >= 4 is 29.6 Å². The predicted octanol–water partition coefficient (Wildman–Crippen LogP) is 3.78. The Morgan fingerprint density at radius 1 is 1.00 bits per heavy atom. The van der Waals surface area contributed by atoms with Gasteiger partial charge in [0.05, 0.1) is 40.2 Å². The van der Waals surface area contributed by atoms with Crippen LogP contribution in [0.5, 0.6) is 23.0 Å². The lowest BCUT2D eigenvalue weighted by Gasteiger charge is -2.17. The average Bonchev–Trinajstić information content (AvgIpc) is 2.80. The molecule has 8 nitrogen and oxygen atoms in total. The summed E-state index contributed by atoms with van der Waals surface area (Å²) >= 11 is 0. The van der Waals surface area contributed by atoms with Crippen molar-refractivity contribution in [2.75, 3.05) is 40.3 Å². The fourth-order valence-electron chi connectivity index (χ4n) is 3.08. The molecule has 2 aromatic rings. The first-order chi connectivity index (χ1) is 15.0. The lowest BCUT2D eigenvalue weighted by molar-refractivity contribution is -0.116. The highest BCUT2D eigenvalue weighted by molar-refractivity contribution is 5.94. The minimum atomic E-state index is -0.167. The van der Waals surface area contributed by atoms with Crippen molar-refractivity contribution in [1.82, 2.24) is 0 Å². The Kier molecular flexibility index (Phi) is 10.9. The van der Waals surface area contributed by atoms with Gasteiger partial charge in [0.15, 0.2) is 11.5 Å². The van der Waals surface area contributed by atoms with Crippen molar-refractivity contribution in [3.8, 4) is 29.1 Å². The van der Waals surface area contributed by atoms with Gasteiger partial charge in [-0.15, -0.1) is 12.4 Å². The van der Waals surface area contributed by atoms with E-state index in [2.05, 4.69) is 11.4 Å². The number of nitrogens with one attached hydrogen (secondary N) is 1. The molecule has 172 valence electrons. The van der Waals surface area contributed by atoms with Crippen LogP contribution >= 0.6 is 12.4 Å². The number of allylic oxidation sites excluding steroid dienone is 1. The lowest BCUT2D eigenvalue weighted by atomic mass is 9.96. The van der Waals surface area contributed by atoms with Crippen molar-refractivity contribution < 1.29 is 23.7 Å². The highest BCUT2D eigenvalue weighted by Gasteiger charge is 2.17. The Balaban J connectivity index is 0.00000512. The quantitative estimate of drug-likeness (QED) is 0.517. The number of rotatable bonds is 10. The molecule has 0 fully saturated rings. The molecule has 0 heterocycles. The van der Waals surface area contributed by atoms with Crippen LogP contribution in [0.25, 0.3) is 5.57 Å². The summed E-state index contributed by atoms with van der Waals surface area (Å²) in [6.07, 6.45) is 2.30. The number of carbonyl (C=O) groups excluding carboxylic acids is 1. The van der Waals surface area contributed by atoms with Crippen LogP contribution in [0.1, 0.15) is 24.0 Å². The van der Waals surface area contributed by atoms with Crippen LogP contribution in [0, 0.1) is 11.3 Å². The van der Waals surface area contributed by atoms with E-state index in [-0.39, 0.29) is 18.3 Å². The van der Waals surface area contributed by atoms with Crippen LogP contribution in [-0.4, -0.2) is 40.9 Å². The summed E-state index contributed by atoms with van der Waals surface area (Å²) in [5, 5.41) is 12.3. The SMILES string of the molecule is COc1ccc(C(=CC#N)c2cc(OC)c(OC)c(OC)c2)cc1NC(=O)CCCN.Cl. The molecule has 0 bridgehead atoms. The van der Waals surface area contributed by atoms with Gasteiger partial charge in [0.2, 0.25) is 11.7 Å². The van der Waals surface area contributed by atoms with E-state index >= 15 is 0 Å². The molecule has 3 N–H and O–H groups in total. The van der Waals surface area contributed by atoms with Gasteiger partial charge in [-0.1, -0.05) is 6.07 Å². The van der Waals surface area contributed by atoms with Gasteiger partial charge in [0.25, 0.3) is 0 Å². The summed E-state index contributed by atoms with van der Waals surface area (Å²) in [7, 11) is 6.10. The van der Waals surface area contributed by atoms with Crippen molar-refractivity contribution in [2.24, 2.45) is 5.73 Å². The van der Waals surface area contributed by atoms with E-state index in [0.717, 1.165) is 0 Å². The van der Waals surface area contributed by atoms with Gasteiger partial charge in [-0.3, -0.25) is 4.79 Å². The number of halogens is 1. The normalized spacial score (nSPS) is 10.4. The molecule has 0 atom stereocenters. The van der Waals surface area contributed by atoms with E-state index in [9.17, 15) is 10.1 Å². The molecule has 1 amide bonds. The maximum absolute atomic E-state index is 12.2. The van der Waals surface area contributed by atoms with Gasteiger partial charge in [-0.2, -0.15) is 5.26 Å². The van der Waals surface area contributed by atoms with Crippen LogP contribution < -0.4 is 30.0 Å². The van der Waals surface area contributed by atoms with Crippen LogP contribution in [0.3, 0.4) is 0 Å². The lowest BCUT2D eigenvalue weighted by Crippen LogP contribution is -2.14. The van der Waals surface area contributed by atoms with Crippen molar-refractivity contribution in [3.63, 3.8) is 0 Å². The average molecular weight is 462 g/mol. The van der Waals surface area contributed by atoms with Crippen molar-refractivity contribution in [3.05, 3.63) is 47.5 Å². The topological polar surface area (TPSA) is 116 Å². The van der Waals surface area contributed by atoms with E-state index < -0.39 is 0 Å². The first-order valence-corrected chi connectivity index (χ1v) is 9.61. The molecule has 2 aromatic carbocycles. The maximum Gasteiger partial charge on any atom is 0.224 e. The minimum Gasteiger partial charge on any atom is -0.495 e. The maximum atomic E-state index is 12.2. The second-order valence-corrected chi connectivity index (χ2v) is 6.46. The molecule has 9 heteroatoms. The van der Waals surface area contributed by atoms with Gasteiger partial charge in [-0.05, 0) is 53.9 Å². The number of carbonyl (C=O) groups is 1. The molecule has 0 aromatic heterocycles. The number of benzene rings is 2. The smallest absolute Gasteiger partial charge is 0.224 e. The van der Waals surface area contributed by atoms with Gasteiger partial charge in [0.1, 0.15) is 5.75 Å². The highest BCUT2D eigenvalue weighted by Crippen LogP contribution is 2.41. The second kappa shape index (κ2) is 13.1. The number of ether oxygens (including phenoxy) is 4. The number of anilines is 1. The Labute approximate surface area is 194 Å². The zero-order valence-corrected chi connectivity index (χ0v) is 19.4. The van der Waals surface area contributed by atoms with Crippen LogP contribution in [0.2, 0.25) is 0 Å². The van der Waals surface area contributed by atoms with Crippen LogP contribution in [0.4, 0.5) is 5.69 Å². The first-order valence-electron chi connectivity index (χ1n) is 9.61. The molecule has 0 radical (unpaired) electrons. The van der Waals surface area contributed by atoms with Crippen LogP contribution in [0.15, 0.2) is 36.4 Å². The number of hydrogen-bond acceptors (Lipinski definition) is 7. The summed E-state index contributed by atoms with van der Waals surface area (Å²) < 4.78 is 21.6. The molecule has 0 spiro atoms. The van der Waals surface area contributed by atoms with E-state index in [1.54, 1.807) is 30.3 Å². The Bertz CT molecular complexity index is 977. The summed E-state index contributed by atoms with van der Waals surface area (Å²) in [5.41, 5.74) is 7.98. The third kappa shape index (κ3) is 6.30. The third-order valence-corrected chi connectivity index (χ3v) is 4.58. The van der Waals surface area contributed by atoms with Gasteiger partial charge in [-0.25, -0.2) is 0 Å². The number of hydrogen-bond donors (Lipinski definition) is 2. The van der Waals surface area contributed by atoms with Gasteiger partial charge < -0.3 is 30.0 Å². The van der Waals surface area contributed by atoms with Gasteiger partial charge >= 0.3 is 0 Å². The number of amides is 1. The molecule has 0 aliphatic rings. The molecular weight excluding hydrogens is 434 g/mol. The standard InChI is InChI=1S/C23H27N3O5.ClH/c1-28-19-8-7-15(12-18(19)26-22(27)6-5-10-24)17(9-11-25)16-13-20(29-2)23(31-4)21(14-16)30-3;/h7-9,12-14H,5-6,10,24H2,1-4H3,(H,26,27);1H. The molecule has 0 aliphatic heterocycles. The van der Waals surface area contributed by atoms with E-state index in [0.29, 0.717) is 64.8 Å². The largest absolute Gasteiger partial charge is 0.495 e. The number of nitrogens with zero attached hydrogens (tertiary/aromatic N) is 1. The van der Waals surface area contributed by atoms with E-state index in [1.165, 1.54) is 34.5 Å². The molecule has 0 saturated carbocycles. The minimum absolute atomic E-state index is 0. The number of methoxy groups -OCH3 is 4. The predicted molar refractivity (Wildman–Crippen MR) is 126 cm³/mol. The Morgan fingerprint density at radius 2 is 1.62 bits per heavy atom. The third-order valence-electron chi connectivity index (χ3n) is 4.58. The highest BCUT2D eigenvalue weighted by atomic mass is 35.5. The van der Waals surface area contributed by atoms with E-state index in [4.69, 9.17) is 24.7 Å². The van der Waals surface area contributed by atoms with Crippen LogP contribution in [-0.2, 0) is 4.79 Å². The summed E-state index contributed by atoms with van der Waals surface area (Å²) in [6, 6.07) is 10.9. The fraction of sp³-hybridized carbons (Fsp3) is 0.304. The van der Waals surface area contributed by atoms with E-state index in [1.807, 2.05) is 0 Å². The summed E-state index contributed by atoms with van der Waals surface area (Å²) in [4.78, 5) is 12.2. The van der Waals surface area contributed by atoms with Crippen molar-refractivity contribution in [2.45, 2.75) is 12.8 Å². The molecule has 0 aliphatic carbocycles. The van der Waals surface area contributed by atoms with Crippen molar-refractivity contribution in [1.29, 1.82) is 5.26 Å². The number of nitriles is 1. The molecule has 0 saturated heterocycles. The summed E-state index contributed by atoms with van der Waals surface area (Å²) in [5.74, 6) is 1.72. The second-order valence-electron chi connectivity index (χ2n) is 6.46. The number of nitrogens with two attached hydrogens (primary N) is 1.